The molecule has 0 unspecified atom stereocenters. The molecule has 3 rings (SSSR count). The molecular weight excluding hydrogens is 346 g/mol. The zero-order valence-corrected chi connectivity index (χ0v) is 17.0. The highest BCUT2D eigenvalue weighted by molar-refractivity contribution is 6.00. The number of H-pyrrole nitrogens is 1. The molecule has 1 aromatic rings. The predicted molar refractivity (Wildman–Crippen MR) is 102 cm³/mol. The van der Waals surface area contributed by atoms with E-state index in [0.717, 1.165) is 39.0 Å². The van der Waals surface area contributed by atoms with Crippen LogP contribution in [0.25, 0.3) is 0 Å². The summed E-state index contributed by atoms with van der Waals surface area (Å²) < 4.78 is 10.7. The Labute approximate surface area is 161 Å². The zero-order chi connectivity index (χ0) is 19.7. The third kappa shape index (κ3) is 4.04. The summed E-state index contributed by atoms with van der Waals surface area (Å²) in [6.45, 7) is 11.2. The molecule has 7 nitrogen and oxygen atoms in total. The van der Waals surface area contributed by atoms with Crippen LogP contribution in [0.15, 0.2) is 0 Å². The third-order valence-corrected chi connectivity index (χ3v) is 5.64. The normalized spacial score (nSPS) is 26.4. The van der Waals surface area contributed by atoms with E-state index in [0.29, 0.717) is 22.5 Å². The molecule has 2 aliphatic heterocycles. The van der Waals surface area contributed by atoms with Crippen LogP contribution in [0.1, 0.15) is 58.8 Å². The number of carbonyl (C=O) groups excluding carboxylic acids is 2. The Balaban J connectivity index is 1.75. The van der Waals surface area contributed by atoms with Crippen molar-refractivity contribution in [3.8, 4) is 0 Å². The average Bonchev–Trinajstić information content (AvgIpc) is 3.17. The van der Waals surface area contributed by atoms with Crippen LogP contribution in [0, 0.1) is 13.8 Å². The molecule has 1 aromatic heterocycles. The molecule has 0 aliphatic carbocycles. The van der Waals surface area contributed by atoms with Gasteiger partial charge in [-0.05, 0) is 46.1 Å². The molecule has 150 valence electrons. The van der Waals surface area contributed by atoms with E-state index < -0.39 is 5.97 Å². The van der Waals surface area contributed by atoms with Crippen molar-refractivity contribution in [1.29, 1.82) is 0 Å². The summed E-state index contributed by atoms with van der Waals surface area (Å²) in [4.78, 5) is 32.7. The van der Waals surface area contributed by atoms with Crippen LogP contribution >= 0.6 is 0 Å². The van der Waals surface area contributed by atoms with Gasteiger partial charge in [0, 0.05) is 37.9 Å². The lowest BCUT2D eigenvalue weighted by Gasteiger charge is -2.38. The molecular formula is C20H31N3O4. The molecule has 3 atom stereocenters. The number of aromatic nitrogens is 1. The van der Waals surface area contributed by atoms with E-state index in [1.807, 2.05) is 4.90 Å². The fraction of sp³-hybridized carbons (Fsp3) is 0.700. The van der Waals surface area contributed by atoms with E-state index in [-0.39, 0.29) is 24.2 Å². The SMILES string of the molecule is COC(=O)c1c(C)[nH]c(C(=O)N2CCC[C@H]2CN2C[C@@H](C)O[C@@H](C)C2)c1C. The molecule has 0 bridgehead atoms. The van der Waals surface area contributed by atoms with Crippen LogP contribution in [0.2, 0.25) is 0 Å². The van der Waals surface area contributed by atoms with Gasteiger partial charge in [-0.3, -0.25) is 9.69 Å². The lowest BCUT2D eigenvalue weighted by Crippen LogP contribution is -2.51. The molecule has 0 saturated carbocycles. The molecule has 2 aliphatic rings. The zero-order valence-electron chi connectivity index (χ0n) is 17.0. The Morgan fingerprint density at radius 1 is 1.22 bits per heavy atom. The van der Waals surface area contributed by atoms with E-state index in [1.54, 1.807) is 13.8 Å². The highest BCUT2D eigenvalue weighted by Gasteiger charge is 2.35. The number of hydrogen-bond acceptors (Lipinski definition) is 5. The van der Waals surface area contributed by atoms with Crippen LogP contribution in [0.3, 0.4) is 0 Å². The number of hydrogen-bond donors (Lipinski definition) is 1. The van der Waals surface area contributed by atoms with E-state index in [2.05, 4.69) is 23.7 Å². The van der Waals surface area contributed by atoms with Crippen LogP contribution in [-0.2, 0) is 9.47 Å². The van der Waals surface area contributed by atoms with Gasteiger partial charge in [0.15, 0.2) is 0 Å². The number of esters is 1. The van der Waals surface area contributed by atoms with Crippen molar-refractivity contribution in [2.24, 2.45) is 0 Å². The lowest BCUT2D eigenvalue weighted by molar-refractivity contribution is -0.0715. The number of amides is 1. The van der Waals surface area contributed by atoms with Gasteiger partial charge in [-0.25, -0.2) is 4.79 Å². The maximum absolute atomic E-state index is 13.2. The number of aromatic amines is 1. The van der Waals surface area contributed by atoms with Gasteiger partial charge in [0.2, 0.25) is 0 Å². The summed E-state index contributed by atoms with van der Waals surface area (Å²) in [6, 6.07) is 0.194. The number of nitrogens with zero attached hydrogens (tertiary/aromatic N) is 2. The topological polar surface area (TPSA) is 74.9 Å². The summed E-state index contributed by atoms with van der Waals surface area (Å²) in [6.07, 6.45) is 2.45. The van der Waals surface area contributed by atoms with Crippen molar-refractivity contribution in [3.63, 3.8) is 0 Å². The summed E-state index contributed by atoms with van der Waals surface area (Å²) in [5, 5.41) is 0. The first-order chi connectivity index (χ1) is 12.8. The number of likely N-dealkylation sites (tertiary alicyclic amines) is 1. The first-order valence-electron chi connectivity index (χ1n) is 9.78. The Kier molecular flexibility index (Phi) is 5.91. The number of carbonyl (C=O) groups is 2. The first kappa shape index (κ1) is 19.9. The molecule has 2 saturated heterocycles. The molecule has 0 spiro atoms. The molecule has 27 heavy (non-hydrogen) atoms. The number of rotatable bonds is 4. The van der Waals surface area contributed by atoms with Crippen molar-refractivity contribution < 1.29 is 19.1 Å². The second-order valence-electron chi connectivity index (χ2n) is 7.89. The predicted octanol–water partition coefficient (Wildman–Crippen LogP) is 2.13. The minimum Gasteiger partial charge on any atom is -0.465 e. The minimum absolute atomic E-state index is 0.0254. The third-order valence-electron chi connectivity index (χ3n) is 5.64. The quantitative estimate of drug-likeness (QED) is 0.814. The second-order valence-corrected chi connectivity index (χ2v) is 7.89. The van der Waals surface area contributed by atoms with Gasteiger partial charge in [-0.15, -0.1) is 0 Å². The summed E-state index contributed by atoms with van der Waals surface area (Å²) in [5.41, 5.74) is 2.31. The maximum atomic E-state index is 13.2. The van der Waals surface area contributed by atoms with Gasteiger partial charge >= 0.3 is 5.97 Å². The Morgan fingerprint density at radius 3 is 2.52 bits per heavy atom. The monoisotopic (exact) mass is 377 g/mol. The smallest absolute Gasteiger partial charge is 0.339 e. The van der Waals surface area contributed by atoms with Gasteiger partial charge in [0.25, 0.3) is 5.91 Å². The molecule has 0 radical (unpaired) electrons. The summed E-state index contributed by atoms with van der Waals surface area (Å²) in [7, 11) is 1.36. The number of methoxy groups -OCH3 is 1. The van der Waals surface area contributed by atoms with Gasteiger partial charge < -0.3 is 19.4 Å². The van der Waals surface area contributed by atoms with Crippen LogP contribution < -0.4 is 0 Å². The number of ether oxygens (including phenoxy) is 2. The van der Waals surface area contributed by atoms with Crippen molar-refractivity contribution >= 4 is 11.9 Å². The highest BCUT2D eigenvalue weighted by Crippen LogP contribution is 2.26. The summed E-state index contributed by atoms with van der Waals surface area (Å²) >= 11 is 0. The largest absolute Gasteiger partial charge is 0.465 e. The standard InChI is InChI=1S/C20H31N3O4/c1-12-9-22(10-13(2)27-12)11-16-7-6-8-23(16)19(24)18-14(3)17(15(4)21-18)20(25)26-5/h12-13,16,21H,6-11H2,1-5H3/t12-,13+,16-/m0/s1. The molecule has 1 N–H and O–H groups in total. The van der Waals surface area contributed by atoms with E-state index in [1.165, 1.54) is 7.11 Å². The fourth-order valence-corrected chi connectivity index (χ4v) is 4.54. The Bertz CT molecular complexity index is 704. The second kappa shape index (κ2) is 8.02. The number of morpholine rings is 1. The first-order valence-corrected chi connectivity index (χ1v) is 9.78. The summed E-state index contributed by atoms with van der Waals surface area (Å²) in [5.74, 6) is -0.433. The van der Waals surface area contributed by atoms with Crippen LogP contribution in [0.5, 0.6) is 0 Å². The van der Waals surface area contributed by atoms with Gasteiger partial charge in [-0.2, -0.15) is 0 Å². The fourth-order valence-electron chi connectivity index (χ4n) is 4.54. The molecule has 3 heterocycles. The van der Waals surface area contributed by atoms with Gasteiger partial charge in [0.05, 0.1) is 24.9 Å². The molecule has 0 aromatic carbocycles. The van der Waals surface area contributed by atoms with Crippen molar-refractivity contribution in [2.45, 2.75) is 58.8 Å². The van der Waals surface area contributed by atoms with Gasteiger partial charge in [-0.1, -0.05) is 0 Å². The minimum atomic E-state index is -0.408. The van der Waals surface area contributed by atoms with Crippen molar-refractivity contribution in [2.75, 3.05) is 33.3 Å². The highest BCUT2D eigenvalue weighted by atomic mass is 16.5. The molecule has 1 amide bonds. The van der Waals surface area contributed by atoms with E-state index in [9.17, 15) is 9.59 Å². The van der Waals surface area contributed by atoms with Crippen molar-refractivity contribution in [3.05, 3.63) is 22.5 Å². The molecule has 2 fully saturated rings. The Hall–Kier alpha value is -1.86. The van der Waals surface area contributed by atoms with Crippen LogP contribution in [-0.4, -0.2) is 78.2 Å². The van der Waals surface area contributed by atoms with E-state index >= 15 is 0 Å². The van der Waals surface area contributed by atoms with Crippen molar-refractivity contribution in [1.82, 2.24) is 14.8 Å². The Morgan fingerprint density at radius 2 is 1.89 bits per heavy atom. The maximum Gasteiger partial charge on any atom is 0.339 e. The average molecular weight is 377 g/mol. The number of nitrogens with one attached hydrogen (secondary N) is 1. The van der Waals surface area contributed by atoms with E-state index in [4.69, 9.17) is 9.47 Å². The number of aryl methyl sites for hydroxylation is 1. The van der Waals surface area contributed by atoms with Crippen LogP contribution in [0.4, 0.5) is 0 Å². The lowest BCUT2D eigenvalue weighted by atomic mass is 10.1. The molecule has 7 heteroatoms. The van der Waals surface area contributed by atoms with Gasteiger partial charge in [0.1, 0.15) is 5.69 Å².